The van der Waals surface area contributed by atoms with Crippen LogP contribution < -0.4 is 10.5 Å². The van der Waals surface area contributed by atoms with Crippen LogP contribution in [-0.2, 0) is 6.42 Å². The SMILES string of the molecule is Cc1ccc(Oc2ccc(CCN)cc2)c(Br)c1. The number of halogens is 1. The molecule has 0 amide bonds. The van der Waals surface area contributed by atoms with Gasteiger partial charge >= 0.3 is 0 Å². The quantitative estimate of drug-likeness (QED) is 0.925. The molecule has 2 N–H and O–H groups in total. The Balaban J connectivity index is 2.13. The van der Waals surface area contributed by atoms with Crippen molar-refractivity contribution < 1.29 is 4.74 Å². The van der Waals surface area contributed by atoms with Gasteiger partial charge in [0.25, 0.3) is 0 Å². The summed E-state index contributed by atoms with van der Waals surface area (Å²) in [7, 11) is 0. The van der Waals surface area contributed by atoms with E-state index in [0.29, 0.717) is 6.54 Å². The first kappa shape index (κ1) is 13.1. The van der Waals surface area contributed by atoms with E-state index < -0.39 is 0 Å². The minimum absolute atomic E-state index is 0.670. The molecule has 0 bridgehead atoms. The van der Waals surface area contributed by atoms with Gasteiger partial charge in [-0.25, -0.2) is 0 Å². The van der Waals surface area contributed by atoms with Crippen molar-refractivity contribution in [2.45, 2.75) is 13.3 Å². The van der Waals surface area contributed by atoms with Gasteiger partial charge in [-0.3, -0.25) is 0 Å². The van der Waals surface area contributed by atoms with Crippen LogP contribution in [-0.4, -0.2) is 6.54 Å². The summed E-state index contributed by atoms with van der Waals surface area (Å²) in [6.07, 6.45) is 0.897. The van der Waals surface area contributed by atoms with E-state index in [9.17, 15) is 0 Å². The van der Waals surface area contributed by atoms with Crippen LogP contribution in [0.15, 0.2) is 46.9 Å². The van der Waals surface area contributed by atoms with Crippen molar-refractivity contribution in [1.82, 2.24) is 0 Å². The highest BCUT2D eigenvalue weighted by Gasteiger charge is 2.03. The van der Waals surface area contributed by atoms with E-state index in [1.165, 1.54) is 11.1 Å². The fraction of sp³-hybridized carbons (Fsp3) is 0.200. The van der Waals surface area contributed by atoms with Gasteiger partial charge in [0.05, 0.1) is 4.47 Å². The lowest BCUT2D eigenvalue weighted by molar-refractivity contribution is 0.479. The maximum Gasteiger partial charge on any atom is 0.141 e. The molecule has 0 aliphatic carbocycles. The summed E-state index contributed by atoms with van der Waals surface area (Å²) in [5.41, 5.74) is 7.95. The van der Waals surface area contributed by atoms with E-state index in [1.54, 1.807) is 0 Å². The average molecular weight is 306 g/mol. The summed E-state index contributed by atoms with van der Waals surface area (Å²) in [6.45, 7) is 2.72. The fourth-order valence-electron chi connectivity index (χ4n) is 1.71. The maximum absolute atomic E-state index is 5.82. The van der Waals surface area contributed by atoms with Crippen molar-refractivity contribution in [2.24, 2.45) is 5.73 Å². The summed E-state index contributed by atoms with van der Waals surface area (Å²) >= 11 is 3.50. The first-order chi connectivity index (χ1) is 8.69. The van der Waals surface area contributed by atoms with Crippen LogP contribution in [0.1, 0.15) is 11.1 Å². The number of benzene rings is 2. The Morgan fingerprint density at radius 1 is 1.11 bits per heavy atom. The van der Waals surface area contributed by atoms with Crippen LogP contribution in [0.2, 0.25) is 0 Å². The first-order valence-corrected chi connectivity index (χ1v) is 6.71. The first-order valence-electron chi connectivity index (χ1n) is 5.92. The second kappa shape index (κ2) is 6.03. The Bertz CT molecular complexity index is 523. The molecule has 0 fully saturated rings. The molecule has 0 aliphatic heterocycles. The third-order valence-electron chi connectivity index (χ3n) is 2.67. The van der Waals surface area contributed by atoms with Gasteiger partial charge in [-0.1, -0.05) is 18.2 Å². The molecular formula is C15H16BrNO. The van der Waals surface area contributed by atoms with Gasteiger partial charge in [0.15, 0.2) is 0 Å². The minimum atomic E-state index is 0.670. The normalized spacial score (nSPS) is 10.4. The van der Waals surface area contributed by atoms with E-state index in [-0.39, 0.29) is 0 Å². The van der Waals surface area contributed by atoms with Gasteiger partial charge in [0, 0.05) is 0 Å². The summed E-state index contributed by atoms with van der Waals surface area (Å²) in [5, 5.41) is 0. The number of ether oxygens (including phenoxy) is 1. The van der Waals surface area contributed by atoms with Crippen LogP contribution in [0.3, 0.4) is 0 Å². The molecule has 0 radical (unpaired) electrons. The van der Waals surface area contributed by atoms with Crippen molar-refractivity contribution in [3.05, 3.63) is 58.1 Å². The van der Waals surface area contributed by atoms with Crippen molar-refractivity contribution >= 4 is 15.9 Å². The lowest BCUT2D eigenvalue weighted by Gasteiger charge is -2.09. The monoisotopic (exact) mass is 305 g/mol. The summed E-state index contributed by atoms with van der Waals surface area (Å²) in [6, 6.07) is 14.1. The lowest BCUT2D eigenvalue weighted by Crippen LogP contribution is -2.02. The lowest BCUT2D eigenvalue weighted by atomic mass is 10.1. The predicted octanol–water partition coefficient (Wildman–Crippen LogP) is 4.05. The third kappa shape index (κ3) is 3.34. The number of rotatable bonds is 4. The van der Waals surface area contributed by atoms with Gasteiger partial charge in [0.1, 0.15) is 11.5 Å². The van der Waals surface area contributed by atoms with Gasteiger partial charge in [0.2, 0.25) is 0 Å². The average Bonchev–Trinajstić information content (AvgIpc) is 2.35. The number of hydrogen-bond donors (Lipinski definition) is 1. The summed E-state index contributed by atoms with van der Waals surface area (Å²) in [4.78, 5) is 0. The zero-order valence-corrected chi connectivity index (χ0v) is 11.9. The van der Waals surface area contributed by atoms with Crippen molar-refractivity contribution in [2.75, 3.05) is 6.54 Å². The number of nitrogens with two attached hydrogens (primary N) is 1. The van der Waals surface area contributed by atoms with E-state index in [0.717, 1.165) is 22.4 Å². The zero-order valence-electron chi connectivity index (χ0n) is 10.3. The highest BCUT2D eigenvalue weighted by atomic mass is 79.9. The summed E-state index contributed by atoms with van der Waals surface area (Å²) < 4.78 is 6.79. The molecule has 0 aromatic heterocycles. The molecule has 18 heavy (non-hydrogen) atoms. The predicted molar refractivity (Wildman–Crippen MR) is 78.2 cm³/mol. The topological polar surface area (TPSA) is 35.2 Å². The number of aryl methyl sites for hydroxylation is 1. The van der Waals surface area contributed by atoms with Crippen molar-refractivity contribution in [3.63, 3.8) is 0 Å². The molecule has 3 heteroatoms. The van der Waals surface area contributed by atoms with Gasteiger partial charge in [-0.05, 0) is 71.2 Å². The molecule has 0 saturated carbocycles. The smallest absolute Gasteiger partial charge is 0.141 e. The van der Waals surface area contributed by atoms with Crippen molar-refractivity contribution in [1.29, 1.82) is 0 Å². The molecule has 0 atom stereocenters. The van der Waals surface area contributed by atoms with Gasteiger partial charge < -0.3 is 10.5 Å². The molecule has 2 rings (SSSR count). The standard InChI is InChI=1S/C15H16BrNO/c1-11-2-7-15(14(16)10-11)18-13-5-3-12(4-6-13)8-9-17/h2-7,10H,8-9,17H2,1H3. The molecule has 0 saturated heterocycles. The van der Waals surface area contributed by atoms with Crippen LogP contribution >= 0.6 is 15.9 Å². The molecule has 94 valence electrons. The maximum atomic E-state index is 5.82. The molecular weight excluding hydrogens is 290 g/mol. The minimum Gasteiger partial charge on any atom is -0.456 e. The van der Waals surface area contributed by atoms with Crippen LogP contribution in [0.5, 0.6) is 11.5 Å². The van der Waals surface area contributed by atoms with E-state index >= 15 is 0 Å². The van der Waals surface area contributed by atoms with E-state index in [1.807, 2.05) is 42.5 Å². The Morgan fingerprint density at radius 2 is 1.83 bits per heavy atom. The van der Waals surface area contributed by atoms with Crippen molar-refractivity contribution in [3.8, 4) is 11.5 Å². The fourth-order valence-corrected chi connectivity index (χ4v) is 2.28. The Labute approximate surface area is 116 Å². The second-order valence-corrected chi connectivity index (χ2v) is 5.07. The van der Waals surface area contributed by atoms with Gasteiger partial charge in [-0.15, -0.1) is 0 Å². The highest BCUT2D eigenvalue weighted by molar-refractivity contribution is 9.10. The number of hydrogen-bond acceptors (Lipinski definition) is 2. The van der Waals surface area contributed by atoms with Crippen LogP contribution in [0, 0.1) is 6.92 Å². The highest BCUT2D eigenvalue weighted by Crippen LogP contribution is 2.30. The largest absolute Gasteiger partial charge is 0.456 e. The second-order valence-electron chi connectivity index (χ2n) is 4.22. The third-order valence-corrected chi connectivity index (χ3v) is 3.29. The molecule has 2 aromatic rings. The Hall–Kier alpha value is -1.32. The molecule has 0 spiro atoms. The van der Waals surface area contributed by atoms with Gasteiger partial charge in [-0.2, -0.15) is 0 Å². The zero-order chi connectivity index (χ0) is 13.0. The Kier molecular flexibility index (Phi) is 4.39. The van der Waals surface area contributed by atoms with E-state index in [4.69, 9.17) is 10.5 Å². The molecule has 2 aromatic carbocycles. The molecule has 2 nitrogen and oxygen atoms in total. The molecule has 0 aliphatic rings. The molecule has 0 heterocycles. The van der Waals surface area contributed by atoms with E-state index in [2.05, 4.69) is 22.9 Å². The molecule has 0 unspecified atom stereocenters. The van der Waals surface area contributed by atoms with Crippen LogP contribution in [0.4, 0.5) is 0 Å². The van der Waals surface area contributed by atoms with Crippen LogP contribution in [0.25, 0.3) is 0 Å². The summed E-state index contributed by atoms with van der Waals surface area (Å²) in [5.74, 6) is 1.66. The Morgan fingerprint density at radius 3 is 2.44 bits per heavy atom.